The van der Waals surface area contributed by atoms with Gasteiger partial charge in [-0.2, -0.15) is 9.97 Å². The van der Waals surface area contributed by atoms with Crippen molar-refractivity contribution in [3.8, 4) is 0 Å². The summed E-state index contributed by atoms with van der Waals surface area (Å²) in [6.07, 6.45) is 0.270. The van der Waals surface area contributed by atoms with E-state index in [0.717, 1.165) is 9.13 Å². The highest BCUT2D eigenvalue weighted by atomic mass is 127. The Morgan fingerprint density at radius 2 is 2.00 bits per heavy atom. The Morgan fingerprint density at radius 3 is 2.69 bits per heavy atom. The van der Waals surface area contributed by atoms with Crippen molar-refractivity contribution in [1.29, 1.82) is 0 Å². The molecule has 0 amide bonds. The molecule has 2 aromatic heterocycles. The van der Waals surface area contributed by atoms with Gasteiger partial charge < -0.3 is 25.2 Å². The van der Waals surface area contributed by atoms with Crippen LogP contribution in [0.1, 0.15) is 18.0 Å². The van der Waals surface area contributed by atoms with Crippen molar-refractivity contribution in [3.05, 3.63) is 45.0 Å². The molecule has 0 spiro atoms. The number of aliphatic hydroxyl groups is 3. The summed E-state index contributed by atoms with van der Waals surface area (Å²) in [5.74, 6) is 0.474. The Balaban J connectivity index is 1.48. The zero-order valence-corrected chi connectivity index (χ0v) is 18.1. The average molecular weight is 528 g/mol. The van der Waals surface area contributed by atoms with Crippen LogP contribution in [0.5, 0.6) is 0 Å². The molecule has 8 nitrogen and oxygen atoms in total. The Labute approximate surface area is 185 Å². The smallest absolute Gasteiger partial charge is 0.226 e. The van der Waals surface area contributed by atoms with E-state index < -0.39 is 23.7 Å². The predicted molar refractivity (Wildman–Crippen MR) is 115 cm³/mol. The van der Waals surface area contributed by atoms with Crippen LogP contribution in [0, 0.1) is 14.9 Å². The number of nitrogens with one attached hydrogen (secondary N) is 1. The lowest BCUT2D eigenvalue weighted by molar-refractivity contribution is -0.0300. The molecule has 10 heteroatoms. The Kier molecular flexibility index (Phi) is 4.70. The van der Waals surface area contributed by atoms with Crippen LogP contribution >= 0.6 is 34.2 Å². The summed E-state index contributed by atoms with van der Waals surface area (Å²) in [6.45, 7) is 0.394. The van der Waals surface area contributed by atoms with Gasteiger partial charge in [0.15, 0.2) is 17.0 Å². The van der Waals surface area contributed by atoms with E-state index in [1.165, 1.54) is 0 Å². The lowest BCUT2D eigenvalue weighted by Gasteiger charge is -2.23. The first kappa shape index (κ1) is 19.4. The van der Waals surface area contributed by atoms with Crippen molar-refractivity contribution in [3.63, 3.8) is 0 Å². The van der Waals surface area contributed by atoms with Crippen LogP contribution < -0.4 is 5.32 Å². The average Bonchev–Trinajstić information content (AvgIpc) is 3.24. The number of anilines is 1. The van der Waals surface area contributed by atoms with Gasteiger partial charge in [0.2, 0.25) is 5.28 Å². The minimum Gasteiger partial charge on any atom is -0.396 e. The third-order valence-electron chi connectivity index (χ3n) is 6.24. The maximum Gasteiger partial charge on any atom is 0.226 e. The van der Waals surface area contributed by atoms with Gasteiger partial charge in [0.1, 0.15) is 6.10 Å². The molecule has 2 aliphatic rings. The van der Waals surface area contributed by atoms with Gasteiger partial charge in [0.25, 0.3) is 0 Å². The summed E-state index contributed by atoms with van der Waals surface area (Å²) < 4.78 is 2.91. The van der Waals surface area contributed by atoms with E-state index >= 15 is 0 Å². The van der Waals surface area contributed by atoms with Gasteiger partial charge in [0, 0.05) is 15.5 Å². The normalized spacial score (nSPS) is 30.5. The highest BCUT2D eigenvalue weighted by Crippen LogP contribution is 2.67. The molecule has 0 saturated heterocycles. The molecule has 5 rings (SSSR count). The van der Waals surface area contributed by atoms with Crippen molar-refractivity contribution in [2.24, 2.45) is 11.3 Å². The fourth-order valence-corrected chi connectivity index (χ4v) is 5.09. The van der Waals surface area contributed by atoms with Crippen LogP contribution in [-0.4, -0.2) is 53.7 Å². The molecule has 2 fully saturated rings. The predicted octanol–water partition coefficient (Wildman–Crippen LogP) is 1.97. The van der Waals surface area contributed by atoms with Gasteiger partial charge in [-0.25, -0.2) is 4.98 Å². The molecule has 2 aliphatic carbocycles. The summed E-state index contributed by atoms with van der Waals surface area (Å²) in [5.41, 5.74) is 1.49. The highest BCUT2D eigenvalue weighted by molar-refractivity contribution is 14.1. The highest BCUT2D eigenvalue weighted by Gasteiger charge is 2.71. The van der Waals surface area contributed by atoms with Crippen LogP contribution in [0.3, 0.4) is 0 Å². The van der Waals surface area contributed by atoms with Gasteiger partial charge in [0.05, 0.1) is 25.1 Å². The first-order chi connectivity index (χ1) is 13.9. The number of aliphatic hydroxyl groups excluding tert-OH is 3. The second kappa shape index (κ2) is 7.02. The van der Waals surface area contributed by atoms with Crippen LogP contribution in [0.25, 0.3) is 11.2 Å². The summed E-state index contributed by atoms with van der Waals surface area (Å²) in [7, 11) is 0. The molecule has 152 valence electrons. The fourth-order valence-electron chi connectivity index (χ4n) is 4.57. The van der Waals surface area contributed by atoms with E-state index in [2.05, 4.69) is 42.9 Å². The van der Waals surface area contributed by atoms with Gasteiger partial charge in [-0.1, -0.05) is 12.1 Å². The maximum atomic E-state index is 10.6. The van der Waals surface area contributed by atoms with Crippen molar-refractivity contribution in [1.82, 2.24) is 19.5 Å². The Bertz CT molecular complexity index is 1080. The quantitative estimate of drug-likeness (QED) is 0.296. The number of benzene rings is 1. The number of imidazole rings is 1. The minimum atomic E-state index is -1.00. The van der Waals surface area contributed by atoms with Gasteiger partial charge >= 0.3 is 0 Å². The topological polar surface area (TPSA) is 116 Å². The van der Waals surface area contributed by atoms with E-state index in [1.54, 1.807) is 10.9 Å². The molecule has 2 saturated carbocycles. The second-order valence-corrected chi connectivity index (χ2v) is 9.36. The fraction of sp³-hybridized carbons (Fsp3) is 0.421. The molecule has 2 heterocycles. The van der Waals surface area contributed by atoms with E-state index in [0.29, 0.717) is 29.9 Å². The first-order valence-corrected chi connectivity index (χ1v) is 10.8. The molecule has 0 bridgehead atoms. The Morgan fingerprint density at radius 1 is 1.24 bits per heavy atom. The number of hydrogen-bond acceptors (Lipinski definition) is 7. The molecular formula is C19H19ClIN5O3. The van der Waals surface area contributed by atoms with Crippen LogP contribution in [0.15, 0.2) is 30.6 Å². The second-order valence-electron chi connectivity index (χ2n) is 7.77. The van der Waals surface area contributed by atoms with E-state index in [1.807, 2.05) is 24.3 Å². The summed E-state index contributed by atoms with van der Waals surface area (Å²) in [4.78, 5) is 13.1. The summed E-state index contributed by atoms with van der Waals surface area (Å²) in [5, 5.41) is 34.1. The SMILES string of the molecule is OC[C@@]12C[C@@H]1[C@@H](n1cnc3c(NCc4ccc(I)cc4)nc(Cl)nc31)[C@H](O)[C@@H]2O. The number of hydrogen-bond donors (Lipinski definition) is 4. The van der Waals surface area contributed by atoms with E-state index in [9.17, 15) is 15.3 Å². The van der Waals surface area contributed by atoms with Crippen LogP contribution in [0.4, 0.5) is 5.82 Å². The monoisotopic (exact) mass is 527 g/mol. The summed E-state index contributed by atoms with van der Waals surface area (Å²) >= 11 is 8.43. The minimum absolute atomic E-state index is 0.0353. The van der Waals surface area contributed by atoms with Crippen molar-refractivity contribution < 1.29 is 15.3 Å². The Hall–Kier alpha value is -1.53. The van der Waals surface area contributed by atoms with Gasteiger partial charge in [-0.15, -0.1) is 0 Å². The maximum absolute atomic E-state index is 10.6. The van der Waals surface area contributed by atoms with Crippen molar-refractivity contribution in [2.45, 2.75) is 31.2 Å². The zero-order valence-electron chi connectivity index (χ0n) is 15.2. The number of nitrogens with zero attached hydrogens (tertiary/aromatic N) is 4. The zero-order chi connectivity index (χ0) is 20.3. The molecule has 0 aliphatic heterocycles. The molecule has 0 radical (unpaired) electrons. The molecule has 1 aromatic carbocycles. The number of halogens is 2. The molecule has 29 heavy (non-hydrogen) atoms. The largest absolute Gasteiger partial charge is 0.396 e. The molecule has 3 aromatic rings. The van der Waals surface area contributed by atoms with E-state index in [-0.39, 0.29) is 17.8 Å². The number of aromatic nitrogens is 4. The van der Waals surface area contributed by atoms with E-state index in [4.69, 9.17) is 11.6 Å². The van der Waals surface area contributed by atoms with Gasteiger partial charge in [-0.3, -0.25) is 0 Å². The van der Waals surface area contributed by atoms with Crippen LogP contribution in [0.2, 0.25) is 5.28 Å². The first-order valence-electron chi connectivity index (χ1n) is 9.30. The lowest BCUT2D eigenvalue weighted by atomic mass is 10.0. The third kappa shape index (κ3) is 3.02. The third-order valence-corrected chi connectivity index (χ3v) is 7.12. The molecule has 0 unspecified atom stereocenters. The van der Waals surface area contributed by atoms with Crippen molar-refractivity contribution in [2.75, 3.05) is 11.9 Å². The standard InChI is InChI=1S/C19H19ClIN5O3/c20-18-24-16(22-6-9-1-3-10(21)4-2-9)12-17(25-18)26(8-23-12)13-11-5-19(11,7-27)15(29)14(13)28/h1-4,8,11,13-15,27-29H,5-7H2,(H,22,24,25)/t11-,13-,14+,15+,19+/m1/s1. The van der Waals surface area contributed by atoms with Crippen molar-refractivity contribution >= 4 is 51.2 Å². The lowest BCUT2D eigenvalue weighted by Crippen LogP contribution is -2.35. The summed E-state index contributed by atoms with van der Waals surface area (Å²) in [6, 6.07) is 7.71. The van der Waals surface area contributed by atoms with Gasteiger partial charge in [-0.05, 0) is 64.2 Å². The van der Waals surface area contributed by atoms with Crippen LogP contribution in [-0.2, 0) is 6.54 Å². The molecule has 5 atom stereocenters. The molecular weight excluding hydrogens is 509 g/mol. The number of rotatable bonds is 5. The molecule has 4 N–H and O–H groups in total. The number of fused-ring (bicyclic) bond motifs is 2.